The third-order valence-electron chi connectivity index (χ3n) is 6.70. The summed E-state index contributed by atoms with van der Waals surface area (Å²) in [5.41, 5.74) is 4.31. The Morgan fingerprint density at radius 1 is 1.25 bits per heavy atom. The Kier molecular flexibility index (Phi) is 7.33. The third kappa shape index (κ3) is 4.77. The summed E-state index contributed by atoms with van der Waals surface area (Å²) in [4.78, 5) is 18.1. The number of piperidine rings is 1. The molecule has 1 aromatic carbocycles. The first-order valence-corrected chi connectivity index (χ1v) is 12.1. The molecule has 0 bridgehead atoms. The number of aromatic amines is 1. The molecule has 7 heteroatoms. The molecule has 3 heterocycles. The zero-order valence-corrected chi connectivity index (χ0v) is 20.2. The molecular formula is C25H35ClN6. The number of benzene rings is 1. The van der Waals surface area contributed by atoms with Gasteiger partial charge >= 0.3 is 0 Å². The number of H-pyrrole nitrogens is 1. The first-order valence-electron chi connectivity index (χ1n) is 11.7. The van der Waals surface area contributed by atoms with Crippen LogP contribution in [0.2, 0.25) is 0 Å². The molecule has 4 rings (SSSR count). The number of halogens is 1. The van der Waals surface area contributed by atoms with Crippen molar-refractivity contribution in [3.8, 4) is 0 Å². The van der Waals surface area contributed by atoms with E-state index in [1.165, 1.54) is 5.69 Å². The highest BCUT2D eigenvalue weighted by Gasteiger charge is 2.29. The van der Waals surface area contributed by atoms with Gasteiger partial charge in [0.15, 0.2) is 0 Å². The lowest BCUT2D eigenvalue weighted by Crippen LogP contribution is -2.48. The molecule has 2 fully saturated rings. The van der Waals surface area contributed by atoms with E-state index in [1.54, 1.807) is 13.1 Å². The van der Waals surface area contributed by atoms with Gasteiger partial charge in [0, 0.05) is 39.3 Å². The van der Waals surface area contributed by atoms with Crippen LogP contribution in [-0.2, 0) is 0 Å². The average Bonchev–Trinajstić information content (AvgIpc) is 3.25. The van der Waals surface area contributed by atoms with Crippen LogP contribution in [0.1, 0.15) is 45.0 Å². The molecule has 2 N–H and O–H groups in total. The first-order chi connectivity index (χ1) is 15.5. The maximum Gasteiger partial charge on any atom is 0.124 e. The number of imidazole rings is 1. The highest BCUT2D eigenvalue weighted by atomic mass is 35.5. The number of hydrogen-bond donors (Lipinski definition) is 2. The number of para-hydroxylation sites is 1. The molecule has 2 aliphatic rings. The number of nitrogens with one attached hydrogen (secondary N) is 2. The summed E-state index contributed by atoms with van der Waals surface area (Å²) < 4.78 is 0. The van der Waals surface area contributed by atoms with E-state index in [9.17, 15) is 0 Å². The van der Waals surface area contributed by atoms with Crippen LogP contribution >= 0.6 is 11.6 Å². The summed E-state index contributed by atoms with van der Waals surface area (Å²) >= 11 is 6.46. The molecule has 1 aromatic heterocycles. The fourth-order valence-corrected chi connectivity index (χ4v) is 5.23. The normalized spacial score (nSPS) is 23.8. The Morgan fingerprint density at radius 3 is 2.72 bits per heavy atom. The van der Waals surface area contributed by atoms with Gasteiger partial charge < -0.3 is 9.88 Å². The Morgan fingerprint density at radius 2 is 2.03 bits per heavy atom. The predicted octanol–water partition coefficient (Wildman–Crippen LogP) is 4.66. The summed E-state index contributed by atoms with van der Waals surface area (Å²) in [5, 5.41) is 4.38. The third-order valence-corrected chi connectivity index (χ3v) is 7.02. The van der Waals surface area contributed by atoms with Crippen molar-refractivity contribution in [3.05, 3.63) is 47.8 Å². The van der Waals surface area contributed by atoms with Crippen LogP contribution in [0.5, 0.6) is 0 Å². The smallest absolute Gasteiger partial charge is 0.124 e. The average molecular weight is 455 g/mol. The minimum Gasteiger partial charge on any atom is -0.367 e. The number of aliphatic imine (C=N–C) groups is 1. The van der Waals surface area contributed by atoms with Gasteiger partial charge in [0.2, 0.25) is 0 Å². The summed E-state index contributed by atoms with van der Waals surface area (Å²) in [5.74, 6) is 0.997. The minimum absolute atomic E-state index is 0.110. The zero-order chi connectivity index (χ0) is 22.7. The van der Waals surface area contributed by atoms with Gasteiger partial charge in [-0.3, -0.25) is 15.2 Å². The van der Waals surface area contributed by atoms with Gasteiger partial charge in [-0.15, -0.1) is 0 Å². The number of allylic oxidation sites excluding steroid dienone is 2. The van der Waals surface area contributed by atoms with Crippen LogP contribution in [0.15, 0.2) is 47.0 Å². The van der Waals surface area contributed by atoms with Gasteiger partial charge in [0.05, 0.1) is 39.5 Å². The highest BCUT2D eigenvalue weighted by Crippen LogP contribution is 2.31. The molecule has 0 radical (unpaired) electrons. The summed E-state index contributed by atoms with van der Waals surface area (Å²) in [6.45, 7) is 12.6. The van der Waals surface area contributed by atoms with E-state index < -0.39 is 0 Å². The van der Waals surface area contributed by atoms with Gasteiger partial charge in [-0.05, 0) is 51.3 Å². The van der Waals surface area contributed by atoms with Crippen molar-refractivity contribution in [1.82, 2.24) is 20.2 Å². The number of fused-ring (bicyclic) bond motifs is 1. The number of rotatable bonds is 6. The Labute approximate surface area is 196 Å². The van der Waals surface area contributed by atoms with Crippen LogP contribution in [0.25, 0.3) is 11.0 Å². The summed E-state index contributed by atoms with van der Waals surface area (Å²) in [7, 11) is 1.80. The fraction of sp³-hybridized carbons (Fsp3) is 0.520. The Hall–Kier alpha value is -2.15. The molecule has 2 saturated heterocycles. The molecule has 0 saturated carbocycles. The van der Waals surface area contributed by atoms with Crippen LogP contribution in [0.3, 0.4) is 0 Å². The highest BCUT2D eigenvalue weighted by molar-refractivity contribution is 6.44. The topological polar surface area (TPSA) is 59.6 Å². The van der Waals surface area contributed by atoms with Gasteiger partial charge in [-0.2, -0.15) is 0 Å². The standard InChI is InChI=1S/C25H35ClN6/c1-5-8-18(26)23(27-4)19-9-6-11-21(28-19)25-29-20-10-7-12-22(24(20)30-25)32-15-13-31(14-16-32)17(2)3/h5,7-8,10,12,17,19,21,28H,1,6,9,11,13-16H2,2-4H3,(H,29,30)/b18-8+,27-23+/t19-,21+/m0/s1. The molecule has 32 heavy (non-hydrogen) atoms. The second-order valence-electron chi connectivity index (χ2n) is 8.97. The molecule has 2 aromatic rings. The number of hydrogen-bond acceptors (Lipinski definition) is 5. The number of aromatic nitrogens is 2. The lowest BCUT2D eigenvalue weighted by Gasteiger charge is -2.38. The van der Waals surface area contributed by atoms with E-state index in [0.29, 0.717) is 11.1 Å². The molecule has 0 amide bonds. The van der Waals surface area contributed by atoms with Crippen LogP contribution in [0, 0.1) is 0 Å². The Bertz CT molecular complexity index is 999. The van der Waals surface area contributed by atoms with E-state index in [4.69, 9.17) is 16.6 Å². The molecule has 2 aliphatic heterocycles. The maximum atomic E-state index is 6.46. The largest absolute Gasteiger partial charge is 0.367 e. The monoisotopic (exact) mass is 454 g/mol. The molecule has 2 atom stereocenters. The van der Waals surface area contributed by atoms with E-state index >= 15 is 0 Å². The van der Waals surface area contributed by atoms with E-state index in [0.717, 1.165) is 68.0 Å². The lowest BCUT2D eigenvalue weighted by atomic mass is 9.94. The van der Waals surface area contributed by atoms with Crippen molar-refractivity contribution in [3.63, 3.8) is 0 Å². The number of anilines is 1. The predicted molar refractivity (Wildman–Crippen MR) is 136 cm³/mol. The summed E-state index contributed by atoms with van der Waals surface area (Å²) in [6, 6.07) is 7.30. The van der Waals surface area contributed by atoms with Crippen molar-refractivity contribution in [1.29, 1.82) is 0 Å². The van der Waals surface area contributed by atoms with Gasteiger partial charge in [0.1, 0.15) is 5.82 Å². The molecule has 172 valence electrons. The lowest BCUT2D eigenvalue weighted by molar-refractivity contribution is 0.209. The maximum absolute atomic E-state index is 6.46. The zero-order valence-electron chi connectivity index (χ0n) is 19.4. The Balaban J connectivity index is 1.55. The van der Waals surface area contributed by atoms with Crippen LogP contribution in [0.4, 0.5) is 5.69 Å². The summed E-state index contributed by atoms with van der Waals surface area (Å²) in [6.07, 6.45) is 6.66. The van der Waals surface area contributed by atoms with Crippen molar-refractivity contribution < 1.29 is 0 Å². The SMILES string of the molecule is C=C/C=C(Cl)\C(=N/C)[C@@H]1CCC[C@H](c2nc3cccc(N4CCN(C(C)C)CC4)c3[nH]2)N1. The second-order valence-corrected chi connectivity index (χ2v) is 9.38. The van der Waals surface area contributed by atoms with Gasteiger partial charge in [-0.25, -0.2) is 4.98 Å². The molecule has 6 nitrogen and oxygen atoms in total. The first kappa shape index (κ1) is 23.0. The molecule has 0 spiro atoms. The van der Waals surface area contributed by atoms with Crippen LogP contribution < -0.4 is 10.2 Å². The van der Waals surface area contributed by atoms with Crippen molar-refractivity contribution >= 4 is 34.0 Å². The fourth-order valence-electron chi connectivity index (χ4n) is 4.93. The number of nitrogens with zero attached hydrogens (tertiary/aromatic N) is 4. The molecule has 0 unspecified atom stereocenters. The van der Waals surface area contributed by atoms with Crippen molar-refractivity contribution in [2.24, 2.45) is 4.99 Å². The second kappa shape index (κ2) is 10.2. The van der Waals surface area contributed by atoms with E-state index in [1.807, 2.05) is 6.08 Å². The quantitative estimate of drug-likeness (QED) is 0.492. The molecule has 0 aliphatic carbocycles. The minimum atomic E-state index is 0.110. The molecular weight excluding hydrogens is 420 g/mol. The van der Waals surface area contributed by atoms with Gasteiger partial charge in [0.25, 0.3) is 0 Å². The van der Waals surface area contributed by atoms with Crippen LogP contribution in [-0.4, -0.2) is 65.9 Å². The van der Waals surface area contributed by atoms with Crippen molar-refractivity contribution in [2.45, 2.75) is 51.2 Å². The van der Waals surface area contributed by atoms with Gasteiger partial charge in [-0.1, -0.05) is 30.3 Å². The van der Waals surface area contributed by atoms with E-state index in [2.05, 4.69) is 63.7 Å². The number of piperazine rings is 1. The van der Waals surface area contributed by atoms with E-state index in [-0.39, 0.29) is 12.1 Å². The van der Waals surface area contributed by atoms with Crippen molar-refractivity contribution in [2.75, 3.05) is 38.1 Å².